The molecule has 1 fully saturated rings. The molecule has 2 aliphatic heterocycles. The third-order valence-electron chi connectivity index (χ3n) is 4.26. The summed E-state index contributed by atoms with van der Waals surface area (Å²) in [7, 11) is -5.26. The van der Waals surface area contributed by atoms with Gasteiger partial charge in [0.1, 0.15) is 0 Å². The van der Waals surface area contributed by atoms with Crippen LogP contribution in [0, 0.1) is 0 Å². The van der Waals surface area contributed by atoms with Crippen LogP contribution < -0.4 is 9.62 Å². The predicted molar refractivity (Wildman–Crippen MR) is 85.6 cm³/mol. The van der Waals surface area contributed by atoms with E-state index < -0.39 is 25.9 Å². The van der Waals surface area contributed by atoms with Crippen molar-refractivity contribution in [2.24, 2.45) is 0 Å². The number of fused-ring (bicyclic) bond motifs is 1. The summed E-state index contributed by atoms with van der Waals surface area (Å²) in [4.78, 5) is 13.3. The number of benzene rings is 1. The molecule has 9 heteroatoms. The van der Waals surface area contributed by atoms with E-state index in [0.717, 1.165) is 5.56 Å². The van der Waals surface area contributed by atoms with Gasteiger partial charge in [-0.2, -0.15) is 0 Å². The number of nitrogens with zero attached hydrogens (tertiary/aromatic N) is 1. The van der Waals surface area contributed by atoms with Gasteiger partial charge in [-0.05, 0) is 36.6 Å². The Morgan fingerprint density at radius 2 is 2.00 bits per heavy atom. The molecule has 3 rings (SSSR count). The van der Waals surface area contributed by atoms with Crippen LogP contribution in [0.2, 0.25) is 0 Å². The van der Waals surface area contributed by atoms with Gasteiger partial charge in [0, 0.05) is 25.2 Å². The van der Waals surface area contributed by atoms with Crippen molar-refractivity contribution in [3.05, 3.63) is 23.8 Å². The standard InChI is InChI=1S/C14H18N2O5S2/c1-16-13-4-3-12(8-10(13)2-5-14(16)17)23(20,21)15-11-6-7-22(18,19)9-11/h3-4,8,11,15H,2,5-7,9H2,1H3. The van der Waals surface area contributed by atoms with Gasteiger partial charge in [-0.1, -0.05) is 0 Å². The topological polar surface area (TPSA) is 101 Å². The second kappa shape index (κ2) is 5.57. The minimum atomic E-state index is -3.78. The highest BCUT2D eigenvalue weighted by Gasteiger charge is 2.32. The van der Waals surface area contributed by atoms with Gasteiger partial charge in [0.15, 0.2) is 9.84 Å². The molecule has 0 spiro atoms. The Balaban J connectivity index is 1.85. The van der Waals surface area contributed by atoms with E-state index in [1.165, 1.54) is 11.0 Å². The molecule has 0 aromatic heterocycles. The van der Waals surface area contributed by atoms with Crippen molar-refractivity contribution in [1.82, 2.24) is 4.72 Å². The largest absolute Gasteiger partial charge is 0.315 e. The van der Waals surface area contributed by atoms with Crippen molar-refractivity contribution in [2.75, 3.05) is 23.5 Å². The number of sulfone groups is 1. The van der Waals surface area contributed by atoms with E-state index in [2.05, 4.69) is 4.72 Å². The molecule has 0 radical (unpaired) electrons. The molecule has 1 N–H and O–H groups in total. The maximum atomic E-state index is 12.4. The van der Waals surface area contributed by atoms with E-state index in [4.69, 9.17) is 0 Å². The third kappa shape index (κ3) is 3.26. The lowest BCUT2D eigenvalue weighted by molar-refractivity contribution is -0.118. The van der Waals surface area contributed by atoms with Crippen LogP contribution in [-0.4, -0.2) is 47.3 Å². The lowest BCUT2D eigenvalue weighted by atomic mass is 10.0. The van der Waals surface area contributed by atoms with Gasteiger partial charge in [0.2, 0.25) is 15.9 Å². The van der Waals surface area contributed by atoms with Crippen LogP contribution in [0.15, 0.2) is 23.1 Å². The van der Waals surface area contributed by atoms with E-state index in [1.807, 2.05) is 0 Å². The molecular weight excluding hydrogens is 340 g/mol. The molecule has 1 aromatic carbocycles. The van der Waals surface area contributed by atoms with Crippen molar-refractivity contribution in [3.63, 3.8) is 0 Å². The first-order valence-electron chi connectivity index (χ1n) is 7.30. The SMILES string of the molecule is CN1C(=O)CCc2cc(S(=O)(=O)NC3CCS(=O)(=O)C3)ccc21. The Hall–Kier alpha value is -1.45. The zero-order valence-electron chi connectivity index (χ0n) is 12.6. The van der Waals surface area contributed by atoms with Crippen LogP contribution in [-0.2, 0) is 31.1 Å². The minimum Gasteiger partial charge on any atom is -0.315 e. The normalized spacial score (nSPS) is 23.8. The number of amides is 1. The molecule has 7 nitrogen and oxygen atoms in total. The Labute approximate surface area is 135 Å². The van der Waals surface area contributed by atoms with Crippen LogP contribution in [0.3, 0.4) is 0 Å². The Bertz CT molecular complexity index is 861. The summed E-state index contributed by atoms with van der Waals surface area (Å²) >= 11 is 0. The monoisotopic (exact) mass is 358 g/mol. The molecule has 0 saturated carbocycles. The maximum absolute atomic E-state index is 12.4. The van der Waals surface area contributed by atoms with Crippen LogP contribution in [0.1, 0.15) is 18.4 Å². The van der Waals surface area contributed by atoms with Gasteiger partial charge in [0.05, 0.1) is 16.4 Å². The fourth-order valence-electron chi connectivity index (χ4n) is 2.98. The summed E-state index contributed by atoms with van der Waals surface area (Å²) in [5.41, 5.74) is 1.51. The molecule has 23 heavy (non-hydrogen) atoms. The number of carbonyl (C=O) groups excluding carboxylic acids is 1. The number of aryl methyl sites for hydroxylation is 1. The number of hydrogen-bond acceptors (Lipinski definition) is 5. The Kier molecular flexibility index (Phi) is 3.97. The number of hydrogen-bond donors (Lipinski definition) is 1. The van der Waals surface area contributed by atoms with Crippen LogP contribution >= 0.6 is 0 Å². The summed E-state index contributed by atoms with van der Waals surface area (Å²) in [6, 6.07) is 4.04. The van der Waals surface area contributed by atoms with Crippen molar-refractivity contribution >= 4 is 31.5 Å². The quantitative estimate of drug-likeness (QED) is 0.823. The zero-order valence-corrected chi connectivity index (χ0v) is 14.3. The summed E-state index contributed by atoms with van der Waals surface area (Å²) in [6.45, 7) is 0. The summed E-state index contributed by atoms with van der Waals surface area (Å²) in [6.07, 6.45) is 1.14. The molecule has 126 valence electrons. The van der Waals surface area contributed by atoms with Crippen LogP contribution in [0.4, 0.5) is 5.69 Å². The lowest BCUT2D eigenvalue weighted by Crippen LogP contribution is -2.36. The predicted octanol–water partition coefficient (Wildman–Crippen LogP) is 0.0610. The van der Waals surface area contributed by atoms with Gasteiger partial charge in [-0.25, -0.2) is 21.6 Å². The molecule has 1 aromatic rings. The number of sulfonamides is 1. The van der Waals surface area contributed by atoms with Gasteiger partial charge >= 0.3 is 0 Å². The third-order valence-corrected chi connectivity index (χ3v) is 7.55. The Morgan fingerprint density at radius 3 is 2.65 bits per heavy atom. The van der Waals surface area contributed by atoms with Gasteiger partial charge < -0.3 is 4.90 Å². The van der Waals surface area contributed by atoms with Gasteiger partial charge in [-0.15, -0.1) is 0 Å². The van der Waals surface area contributed by atoms with Crippen molar-refractivity contribution in [2.45, 2.75) is 30.2 Å². The number of carbonyl (C=O) groups is 1. The zero-order chi connectivity index (χ0) is 16.8. The summed E-state index contributed by atoms with van der Waals surface area (Å²) in [5.74, 6) is -0.145. The highest BCUT2D eigenvalue weighted by Crippen LogP contribution is 2.29. The summed E-state index contributed by atoms with van der Waals surface area (Å²) < 4.78 is 50.3. The summed E-state index contributed by atoms with van der Waals surface area (Å²) in [5, 5.41) is 0. The second-order valence-electron chi connectivity index (χ2n) is 5.96. The van der Waals surface area contributed by atoms with Crippen LogP contribution in [0.25, 0.3) is 0 Å². The van der Waals surface area contributed by atoms with Crippen molar-refractivity contribution in [3.8, 4) is 0 Å². The molecule has 1 amide bonds. The van der Waals surface area contributed by atoms with E-state index in [-0.39, 0.29) is 22.3 Å². The first-order valence-corrected chi connectivity index (χ1v) is 10.6. The van der Waals surface area contributed by atoms with Gasteiger partial charge in [0.25, 0.3) is 0 Å². The minimum absolute atomic E-state index is 0.00222. The maximum Gasteiger partial charge on any atom is 0.240 e. The highest BCUT2D eigenvalue weighted by atomic mass is 32.2. The first-order chi connectivity index (χ1) is 10.7. The first kappa shape index (κ1) is 16.4. The fraction of sp³-hybridized carbons (Fsp3) is 0.500. The molecule has 1 atom stereocenters. The highest BCUT2D eigenvalue weighted by molar-refractivity contribution is 7.92. The molecule has 1 saturated heterocycles. The van der Waals surface area contributed by atoms with E-state index in [9.17, 15) is 21.6 Å². The average molecular weight is 358 g/mol. The molecule has 1 unspecified atom stereocenters. The number of rotatable bonds is 3. The average Bonchev–Trinajstić information content (AvgIpc) is 2.81. The molecule has 0 bridgehead atoms. The van der Waals surface area contributed by atoms with E-state index in [1.54, 1.807) is 19.2 Å². The molecular formula is C14H18N2O5S2. The molecule has 2 heterocycles. The van der Waals surface area contributed by atoms with E-state index >= 15 is 0 Å². The van der Waals surface area contributed by atoms with Crippen molar-refractivity contribution < 1.29 is 21.6 Å². The molecule has 2 aliphatic rings. The lowest BCUT2D eigenvalue weighted by Gasteiger charge is -2.26. The van der Waals surface area contributed by atoms with Crippen molar-refractivity contribution in [1.29, 1.82) is 0 Å². The smallest absolute Gasteiger partial charge is 0.240 e. The molecule has 0 aliphatic carbocycles. The number of nitrogens with one attached hydrogen (secondary N) is 1. The van der Waals surface area contributed by atoms with Crippen LogP contribution in [0.5, 0.6) is 0 Å². The second-order valence-corrected chi connectivity index (χ2v) is 9.91. The number of anilines is 1. The van der Waals surface area contributed by atoms with Gasteiger partial charge in [-0.3, -0.25) is 4.79 Å². The van der Waals surface area contributed by atoms with E-state index in [0.29, 0.717) is 24.9 Å². The Morgan fingerprint density at radius 1 is 1.26 bits per heavy atom. The fourth-order valence-corrected chi connectivity index (χ4v) is 6.08.